The maximum absolute atomic E-state index is 12.4. The van der Waals surface area contributed by atoms with Crippen molar-refractivity contribution >= 4 is 5.91 Å². The van der Waals surface area contributed by atoms with Crippen molar-refractivity contribution in [2.75, 3.05) is 0 Å². The minimum Gasteiger partial charge on any atom is -0.347 e. The number of H-pyrrole nitrogens is 1. The van der Waals surface area contributed by atoms with E-state index >= 15 is 0 Å². The Bertz CT molecular complexity index is 431. The Balaban J connectivity index is 3.07. The fraction of sp³-hybridized carbons (Fsp3) is 0.250. The molecule has 0 radical (unpaired) electrons. The second-order valence-corrected chi connectivity index (χ2v) is 2.74. The van der Waals surface area contributed by atoms with E-state index in [4.69, 9.17) is 0 Å². The van der Waals surface area contributed by atoms with Crippen LogP contribution in [0.25, 0.3) is 0 Å². The Morgan fingerprint density at radius 3 is 2.25 bits per heavy atom. The quantitative estimate of drug-likeness (QED) is 0.745. The van der Waals surface area contributed by atoms with Crippen molar-refractivity contribution in [1.29, 1.82) is 0 Å². The fourth-order valence-electron chi connectivity index (χ4n) is 0.754. The third kappa shape index (κ3) is 2.44. The molecule has 1 N–H and O–H groups in total. The number of aromatic nitrogens is 1. The number of amides is 1. The molecule has 0 saturated carbocycles. The number of rotatable bonds is 1. The zero-order chi connectivity index (χ0) is 12.4. The molecule has 0 saturated heterocycles. The molecule has 88 valence electrons. The lowest BCUT2D eigenvalue weighted by atomic mass is 10.3. The van der Waals surface area contributed by atoms with Gasteiger partial charge in [-0.1, -0.05) is 6.07 Å². The number of nitrogens with one attached hydrogen (secondary N) is 1. The van der Waals surface area contributed by atoms with Crippen molar-refractivity contribution < 1.29 is 26.7 Å². The van der Waals surface area contributed by atoms with Gasteiger partial charge in [-0.25, -0.2) is 0 Å². The van der Waals surface area contributed by atoms with Gasteiger partial charge in [0.2, 0.25) is 0 Å². The summed E-state index contributed by atoms with van der Waals surface area (Å²) in [6.45, 7) is 0. The largest absolute Gasteiger partial charge is 0.463 e. The number of hydrogen-bond acceptors (Lipinski definition) is 1. The molecule has 0 atom stereocenters. The van der Waals surface area contributed by atoms with E-state index in [2.05, 4.69) is 9.98 Å². The minimum absolute atomic E-state index is 0.378. The van der Waals surface area contributed by atoms with Gasteiger partial charge in [0, 0.05) is 6.20 Å². The van der Waals surface area contributed by atoms with Crippen LogP contribution in [0.1, 0.15) is 0 Å². The number of carbonyl (C=O) groups is 1. The molecule has 16 heavy (non-hydrogen) atoms. The maximum Gasteiger partial charge on any atom is 0.463 e. The highest BCUT2D eigenvalue weighted by Gasteiger charge is 2.63. The highest BCUT2D eigenvalue weighted by atomic mass is 19.4. The van der Waals surface area contributed by atoms with Gasteiger partial charge in [0.15, 0.2) is 0 Å². The van der Waals surface area contributed by atoms with Gasteiger partial charge in [0.1, 0.15) is 5.49 Å². The predicted molar refractivity (Wildman–Crippen MR) is 42.4 cm³/mol. The van der Waals surface area contributed by atoms with Gasteiger partial charge >= 0.3 is 18.0 Å². The molecule has 1 amide bonds. The lowest BCUT2D eigenvalue weighted by Gasteiger charge is -2.14. The Hall–Kier alpha value is -1.73. The molecule has 0 aliphatic rings. The van der Waals surface area contributed by atoms with Gasteiger partial charge in [0.05, 0.1) is 0 Å². The lowest BCUT2D eigenvalue weighted by Crippen LogP contribution is -2.43. The summed E-state index contributed by atoms with van der Waals surface area (Å²) in [4.78, 5) is 15.5. The van der Waals surface area contributed by atoms with E-state index in [-0.39, 0.29) is 5.49 Å². The van der Waals surface area contributed by atoms with Crippen molar-refractivity contribution in [3.05, 3.63) is 29.9 Å². The molecular formula is C8H5F5N2O. The van der Waals surface area contributed by atoms with Gasteiger partial charge < -0.3 is 4.98 Å². The topological polar surface area (TPSA) is 45.2 Å². The van der Waals surface area contributed by atoms with E-state index in [1.54, 1.807) is 0 Å². The van der Waals surface area contributed by atoms with Gasteiger partial charge in [-0.05, 0) is 12.1 Å². The third-order valence-electron chi connectivity index (χ3n) is 1.54. The summed E-state index contributed by atoms with van der Waals surface area (Å²) in [7, 11) is 0. The molecule has 0 aliphatic carbocycles. The van der Waals surface area contributed by atoms with Crippen LogP contribution in [0.2, 0.25) is 0 Å². The van der Waals surface area contributed by atoms with E-state index in [0.717, 1.165) is 6.07 Å². The van der Waals surface area contributed by atoms with Gasteiger partial charge in [0.25, 0.3) is 0 Å². The Kier molecular flexibility index (Phi) is 3.11. The molecule has 3 nitrogen and oxygen atoms in total. The molecular weight excluding hydrogens is 235 g/mol. The molecule has 1 aromatic rings. The molecule has 1 aromatic heterocycles. The van der Waals surface area contributed by atoms with Crippen molar-refractivity contribution in [2.24, 2.45) is 4.99 Å². The molecule has 0 spiro atoms. The molecule has 0 aromatic carbocycles. The second kappa shape index (κ2) is 4.03. The van der Waals surface area contributed by atoms with E-state index < -0.39 is 18.0 Å². The first-order valence-electron chi connectivity index (χ1n) is 3.92. The zero-order valence-electron chi connectivity index (χ0n) is 7.55. The average molecular weight is 240 g/mol. The summed E-state index contributed by atoms with van der Waals surface area (Å²) < 4.78 is 60.1. The SMILES string of the molecule is O=C(/N=c1\cccc[nH]1)C(F)(F)C(F)(F)F. The summed E-state index contributed by atoms with van der Waals surface area (Å²) in [6.07, 6.45) is -4.71. The van der Waals surface area contributed by atoms with Crippen LogP contribution in [0.4, 0.5) is 22.0 Å². The maximum atomic E-state index is 12.4. The predicted octanol–water partition coefficient (Wildman–Crippen LogP) is 1.64. The van der Waals surface area contributed by atoms with Crippen molar-refractivity contribution in [3.8, 4) is 0 Å². The summed E-state index contributed by atoms with van der Waals surface area (Å²) >= 11 is 0. The highest BCUT2D eigenvalue weighted by molar-refractivity contribution is 5.85. The normalized spacial score (nSPS) is 13.9. The van der Waals surface area contributed by atoms with Crippen LogP contribution in [0.15, 0.2) is 29.4 Å². The van der Waals surface area contributed by atoms with Crippen LogP contribution in [-0.2, 0) is 4.79 Å². The van der Waals surface area contributed by atoms with Gasteiger partial charge in [-0.3, -0.25) is 4.79 Å². The van der Waals surface area contributed by atoms with Crippen molar-refractivity contribution in [1.82, 2.24) is 4.98 Å². The number of hydrogen-bond donors (Lipinski definition) is 1. The summed E-state index contributed by atoms with van der Waals surface area (Å²) in [6, 6.07) is 3.87. The first-order chi connectivity index (χ1) is 7.25. The number of halogens is 5. The Morgan fingerprint density at radius 2 is 1.81 bits per heavy atom. The second-order valence-electron chi connectivity index (χ2n) is 2.74. The van der Waals surface area contributed by atoms with Crippen molar-refractivity contribution in [3.63, 3.8) is 0 Å². The summed E-state index contributed by atoms with van der Waals surface area (Å²) in [5, 5.41) is 0. The Labute approximate surface area is 85.6 Å². The van der Waals surface area contributed by atoms with Crippen molar-refractivity contribution in [2.45, 2.75) is 12.1 Å². The molecule has 8 heteroatoms. The van der Waals surface area contributed by atoms with E-state index in [1.807, 2.05) is 0 Å². The Morgan fingerprint density at radius 1 is 1.19 bits per heavy atom. The molecule has 1 heterocycles. The number of carbonyl (C=O) groups excluding carboxylic acids is 1. The minimum atomic E-state index is -5.94. The third-order valence-corrected chi connectivity index (χ3v) is 1.54. The van der Waals surface area contributed by atoms with Crippen LogP contribution in [0.3, 0.4) is 0 Å². The standard InChI is InChI=1S/C8H5F5N2O/c9-7(10,8(11,12)13)6(16)15-5-3-1-2-4-14-5/h1-4H,(H,14,15,16). The number of aromatic amines is 1. The summed E-state index contributed by atoms with van der Waals surface area (Å²) in [5.41, 5.74) is -0.378. The molecule has 0 fully saturated rings. The average Bonchev–Trinajstić information content (AvgIpc) is 2.17. The van der Waals surface area contributed by atoms with Crippen LogP contribution in [0.5, 0.6) is 0 Å². The fourth-order valence-corrected chi connectivity index (χ4v) is 0.754. The number of nitrogens with zero attached hydrogens (tertiary/aromatic N) is 1. The van der Waals surface area contributed by atoms with E-state index in [0.29, 0.717) is 0 Å². The molecule has 0 aliphatic heterocycles. The van der Waals surface area contributed by atoms with Gasteiger partial charge in [-0.2, -0.15) is 26.9 Å². The first kappa shape index (κ1) is 12.3. The zero-order valence-corrected chi connectivity index (χ0v) is 7.55. The number of alkyl halides is 5. The smallest absolute Gasteiger partial charge is 0.347 e. The number of pyridine rings is 1. The van der Waals surface area contributed by atoms with Gasteiger partial charge in [-0.15, -0.1) is 0 Å². The van der Waals surface area contributed by atoms with E-state index in [1.165, 1.54) is 18.3 Å². The van der Waals surface area contributed by atoms with Crippen LogP contribution in [0, 0.1) is 0 Å². The highest BCUT2D eigenvalue weighted by Crippen LogP contribution is 2.36. The molecule has 0 unspecified atom stereocenters. The molecule has 1 rings (SSSR count). The van der Waals surface area contributed by atoms with Crippen LogP contribution < -0.4 is 5.49 Å². The monoisotopic (exact) mass is 240 g/mol. The lowest BCUT2D eigenvalue weighted by molar-refractivity contribution is -0.268. The molecule has 0 bridgehead atoms. The van der Waals surface area contributed by atoms with E-state index in [9.17, 15) is 26.7 Å². The summed E-state index contributed by atoms with van der Waals surface area (Å²) in [5.74, 6) is -8.03. The first-order valence-corrected chi connectivity index (χ1v) is 3.92. The van der Waals surface area contributed by atoms with Crippen LogP contribution >= 0.6 is 0 Å². The van der Waals surface area contributed by atoms with Crippen LogP contribution in [-0.4, -0.2) is 23.0 Å².